The first-order valence-electron chi connectivity index (χ1n) is 4.24. The van der Waals surface area contributed by atoms with Gasteiger partial charge in [0.2, 0.25) is 5.24 Å². The summed E-state index contributed by atoms with van der Waals surface area (Å²) < 4.78 is 4.86. The van der Waals surface area contributed by atoms with Gasteiger partial charge < -0.3 is 4.74 Å². The van der Waals surface area contributed by atoms with Gasteiger partial charge in [-0.05, 0) is 35.9 Å². The van der Waals surface area contributed by atoms with Gasteiger partial charge in [0.05, 0.1) is 23.7 Å². The molecule has 0 bridgehead atoms. The van der Waals surface area contributed by atoms with Crippen molar-refractivity contribution in [2.45, 2.75) is 0 Å². The molecule has 0 unspecified atom stereocenters. The van der Waals surface area contributed by atoms with Crippen molar-refractivity contribution in [2.75, 3.05) is 7.11 Å². The predicted octanol–water partition coefficient (Wildman–Crippen LogP) is 2.38. The highest BCUT2D eigenvalue weighted by Crippen LogP contribution is 2.25. The Hall–Kier alpha value is -1.88. The largest absolute Gasteiger partial charge is 0.497 e. The molecule has 0 saturated carbocycles. The van der Waals surface area contributed by atoms with E-state index in [1.807, 2.05) is 0 Å². The van der Waals surface area contributed by atoms with E-state index in [4.69, 9.17) is 16.3 Å². The number of allylic oxidation sites excluding steroid dienone is 1. The van der Waals surface area contributed by atoms with Crippen LogP contribution in [0.1, 0.15) is 5.56 Å². The van der Waals surface area contributed by atoms with Gasteiger partial charge >= 0.3 is 0 Å². The standard InChI is InChI=1S/C10H8ClNO4/c1-16-8-4-2-7(3-5-10(11)13)9(6-8)12(14)15/h2-6H,1H3. The molecule has 6 heteroatoms. The van der Waals surface area contributed by atoms with E-state index in [1.165, 1.54) is 25.3 Å². The van der Waals surface area contributed by atoms with Crippen LogP contribution in [0.4, 0.5) is 5.69 Å². The monoisotopic (exact) mass is 241 g/mol. The number of ether oxygens (including phenoxy) is 1. The fourth-order valence-corrected chi connectivity index (χ4v) is 1.17. The molecule has 0 amide bonds. The van der Waals surface area contributed by atoms with Crippen LogP contribution in [0.5, 0.6) is 5.75 Å². The number of halogens is 1. The summed E-state index contributed by atoms with van der Waals surface area (Å²) in [5.41, 5.74) is 0.147. The Kier molecular flexibility index (Phi) is 4.02. The fraction of sp³-hybridized carbons (Fsp3) is 0.100. The first-order valence-corrected chi connectivity index (χ1v) is 4.62. The van der Waals surface area contributed by atoms with Crippen LogP contribution in [0.3, 0.4) is 0 Å². The number of hydrogen-bond donors (Lipinski definition) is 0. The number of hydrogen-bond acceptors (Lipinski definition) is 4. The van der Waals surface area contributed by atoms with Gasteiger partial charge in [-0.25, -0.2) is 0 Å². The first-order chi connectivity index (χ1) is 7.54. The second-order valence-corrected chi connectivity index (χ2v) is 3.19. The lowest BCUT2D eigenvalue weighted by Crippen LogP contribution is -1.93. The molecule has 0 aliphatic rings. The van der Waals surface area contributed by atoms with Crippen molar-refractivity contribution in [3.8, 4) is 5.75 Å². The van der Waals surface area contributed by atoms with E-state index in [0.29, 0.717) is 11.3 Å². The van der Waals surface area contributed by atoms with Crippen molar-refractivity contribution in [3.63, 3.8) is 0 Å². The topological polar surface area (TPSA) is 69.4 Å². The molecule has 0 aromatic heterocycles. The maximum atomic E-state index is 10.7. The highest BCUT2D eigenvalue weighted by Gasteiger charge is 2.12. The summed E-state index contributed by atoms with van der Waals surface area (Å²) in [6.45, 7) is 0. The molecule has 1 rings (SSSR count). The Morgan fingerprint density at radius 2 is 2.25 bits per heavy atom. The lowest BCUT2D eigenvalue weighted by Gasteiger charge is -2.01. The van der Waals surface area contributed by atoms with E-state index >= 15 is 0 Å². The number of rotatable bonds is 4. The highest BCUT2D eigenvalue weighted by molar-refractivity contribution is 6.66. The molecule has 0 spiro atoms. The molecule has 0 heterocycles. The van der Waals surface area contributed by atoms with Crippen LogP contribution < -0.4 is 4.74 Å². The number of methoxy groups -OCH3 is 1. The van der Waals surface area contributed by atoms with Crippen LogP contribution in [0.25, 0.3) is 6.08 Å². The Balaban J connectivity index is 3.18. The van der Waals surface area contributed by atoms with Gasteiger partial charge in [-0.3, -0.25) is 14.9 Å². The van der Waals surface area contributed by atoms with Crippen LogP contribution in [0.15, 0.2) is 24.3 Å². The Bertz CT molecular complexity index is 456. The molecule has 5 nitrogen and oxygen atoms in total. The lowest BCUT2D eigenvalue weighted by molar-refractivity contribution is -0.385. The average molecular weight is 242 g/mol. The van der Waals surface area contributed by atoms with Gasteiger partial charge in [-0.1, -0.05) is 0 Å². The Labute approximate surface area is 96.4 Å². The zero-order chi connectivity index (χ0) is 12.1. The van der Waals surface area contributed by atoms with Crippen molar-refractivity contribution in [2.24, 2.45) is 0 Å². The van der Waals surface area contributed by atoms with Crippen molar-refractivity contribution in [3.05, 3.63) is 40.0 Å². The van der Waals surface area contributed by atoms with E-state index in [9.17, 15) is 14.9 Å². The van der Waals surface area contributed by atoms with E-state index in [1.54, 1.807) is 6.07 Å². The quantitative estimate of drug-likeness (QED) is 0.351. The second kappa shape index (κ2) is 5.27. The van der Waals surface area contributed by atoms with Gasteiger partial charge in [0.15, 0.2) is 0 Å². The average Bonchev–Trinajstić information content (AvgIpc) is 2.25. The van der Waals surface area contributed by atoms with Crippen LogP contribution >= 0.6 is 11.6 Å². The molecule has 0 aliphatic heterocycles. The van der Waals surface area contributed by atoms with Crippen molar-refractivity contribution < 1.29 is 14.5 Å². The Morgan fingerprint density at radius 3 is 2.75 bits per heavy atom. The van der Waals surface area contributed by atoms with Gasteiger partial charge in [0, 0.05) is 0 Å². The fourth-order valence-electron chi connectivity index (χ4n) is 1.10. The van der Waals surface area contributed by atoms with Crippen molar-refractivity contribution in [1.29, 1.82) is 0 Å². The molecule has 0 fully saturated rings. The summed E-state index contributed by atoms with van der Waals surface area (Å²) in [5, 5.41) is 10.0. The molecule has 1 aromatic carbocycles. The summed E-state index contributed by atoms with van der Waals surface area (Å²) >= 11 is 5.10. The van der Waals surface area contributed by atoms with E-state index in [0.717, 1.165) is 6.08 Å². The third-order valence-electron chi connectivity index (χ3n) is 1.83. The van der Waals surface area contributed by atoms with E-state index in [2.05, 4.69) is 0 Å². The summed E-state index contributed by atoms with van der Waals surface area (Å²) in [5.74, 6) is 0.376. The van der Waals surface area contributed by atoms with E-state index in [-0.39, 0.29) is 5.69 Å². The number of nitro groups is 1. The minimum absolute atomic E-state index is 0.145. The molecule has 0 atom stereocenters. The van der Waals surface area contributed by atoms with Gasteiger partial charge in [0.25, 0.3) is 5.69 Å². The number of benzene rings is 1. The molecule has 0 aliphatic carbocycles. The smallest absolute Gasteiger partial charge is 0.280 e. The summed E-state index contributed by atoms with van der Waals surface area (Å²) in [6.07, 6.45) is 2.34. The molecule has 84 valence electrons. The molecular formula is C10H8ClNO4. The number of carbonyl (C=O) groups excluding carboxylic acids is 1. The highest BCUT2D eigenvalue weighted by atomic mass is 35.5. The van der Waals surface area contributed by atoms with Gasteiger partial charge in [-0.2, -0.15) is 0 Å². The van der Waals surface area contributed by atoms with Crippen molar-refractivity contribution >= 4 is 28.6 Å². The zero-order valence-corrected chi connectivity index (χ0v) is 9.10. The molecule has 16 heavy (non-hydrogen) atoms. The summed E-state index contributed by atoms with van der Waals surface area (Å²) in [4.78, 5) is 20.7. The normalized spacial score (nSPS) is 10.4. The summed E-state index contributed by atoms with van der Waals surface area (Å²) in [6, 6.07) is 4.32. The van der Waals surface area contributed by atoms with Gasteiger partial charge in [0.1, 0.15) is 5.75 Å². The molecular weight excluding hydrogens is 234 g/mol. The number of carbonyl (C=O) groups is 1. The number of nitro benzene ring substituents is 1. The number of nitrogens with zero attached hydrogens (tertiary/aromatic N) is 1. The molecule has 0 radical (unpaired) electrons. The minimum Gasteiger partial charge on any atom is -0.497 e. The molecule has 0 saturated heterocycles. The third kappa shape index (κ3) is 3.06. The predicted molar refractivity (Wildman–Crippen MR) is 59.5 cm³/mol. The van der Waals surface area contributed by atoms with E-state index < -0.39 is 10.2 Å². The zero-order valence-electron chi connectivity index (χ0n) is 8.34. The first kappa shape index (κ1) is 12.2. The van der Waals surface area contributed by atoms with Crippen molar-refractivity contribution in [1.82, 2.24) is 0 Å². The molecule has 0 N–H and O–H groups in total. The minimum atomic E-state index is -0.690. The third-order valence-corrected chi connectivity index (χ3v) is 1.95. The van der Waals surface area contributed by atoms with Crippen LogP contribution in [0.2, 0.25) is 0 Å². The van der Waals surface area contributed by atoms with Crippen LogP contribution in [-0.4, -0.2) is 17.3 Å². The van der Waals surface area contributed by atoms with Crippen LogP contribution in [0, 0.1) is 10.1 Å². The molecule has 1 aromatic rings. The summed E-state index contributed by atoms with van der Waals surface area (Å²) in [7, 11) is 1.41. The van der Waals surface area contributed by atoms with Gasteiger partial charge in [-0.15, -0.1) is 0 Å². The maximum Gasteiger partial charge on any atom is 0.280 e. The second-order valence-electron chi connectivity index (χ2n) is 2.82. The van der Waals surface area contributed by atoms with Crippen LogP contribution in [-0.2, 0) is 4.79 Å². The lowest BCUT2D eigenvalue weighted by atomic mass is 10.1. The Morgan fingerprint density at radius 1 is 1.56 bits per heavy atom. The SMILES string of the molecule is COc1ccc(C=CC(=O)Cl)c([N+](=O)[O-])c1. The maximum absolute atomic E-state index is 10.7.